The summed E-state index contributed by atoms with van der Waals surface area (Å²) in [5.74, 6) is -4.55. The molecule has 1 aliphatic heterocycles. The van der Waals surface area contributed by atoms with E-state index in [1.165, 1.54) is 76.2 Å². The van der Waals surface area contributed by atoms with Gasteiger partial charge in [-0.15, -0.1) is 0 Å². The van der Waals surface area contributed by atoms with Crippen LogP contribution in [0.1, 0.15) is 43.4 Å². The van der Waals surface area contributed by atoms with E-state index in [9.17, 15) is 43.8 Å². The lowest BCUT2D eigenvalue weighted by atomic mass is 9.99. The SMILES string of the molecule is COc1ccc(C[C@H]2C(=O)N[C@@H](C)C(=O)N(C)[C@@H](Cc3ccc(O)cc3)C(=O)N(C)[C@@H](Cc3ccc(O)cc3)C(=O)N[C@H](C)C(=O)N[C@@H](CCC(N)=O)C(=O)N2C)cc1. The van der Waals surface area contributed by atoms with E-state index in [0.717, 1.165) is 4.90 Å². The van der Waals surface area contributed by atoms with Crippen LogP contribution in [0, 0.1) is 0 Å². The zero-order chi connectivity index (χ0) is 43.6. The number of rotatable bonds is 10. The van der Waals surface area contributed by atoms with Gasteiger partial charge in [0, 0.05) is 46.8 Å². The number of hydrogen-bond donors (Lipinski definition) is 6. The molecular formula is C42H53N7O10. The number of hydrogen-bond acceptors (Lipinski definition) is 10. The van der Waals surface area contributed by atoms with E-state index in [2.05, 4.69) is 16.0 Å². The second-order valence-electron chi connectivity index (χ2n) is 14.7. The summed E-state index contributed by atoms with van der Waals surface area (Å²) in [5, 5.41) is 27.8. The monoisotopic (exact) mass is 815 g/mol. The molecule has 1 fully saturated rings. The van der Waals surface area contributed by atoms with Crippen LogP contribution in [-0.4, -0.2) is 131 Å². The Hall–Kier alpha value is -6.65. The van der Waals surface area contributed by atoms with Crippen LogP contribution in [0.4, 0.5) is 0 Å². The van der Waals surface area contributed by atoms with Gasteiger partial charge in [0.1, 0.15) is 53.5 Å². The van der Waals surface area contributed by atoms with Crippen LogP contribution in [0.5, 0.6) is 17.2 Å². The van der Waals surface area contributed by atoms with Crippen LogP contribution in [0.15, 0.2) is 72.8 Å². The molecular weight excluding hydrogens is 763 g/mol. The number of nitrogens with one attached hydrogen (secondary N) is 3. The molecule has 0 radical (unpaired) electrons. The van der Waals surface area contributed by atoms with Crippen molar-refractivity contribution in [1.29, 1.82) is 0 Å². The fourth-order valence-corrected chi connectivity index (χ4v) is 6.73. The van der Waals surface area contributed by atoms with Gasteiger partial charge >= 0.3 is 0 Å². The smallest absolute Gasteiger partial charge is 0.246 e. The first-order valence-corrected chi connectivity index (χ1v) is 19.1. The van der Waals surface area contributed by atoms with Crippen molar-refractivity contribution in [3.63, 3.8) is 0 Å². The molecule has 1 saturated heterocycles. The molecule has 4 rings (SSSR count). The maximum atomic E-state index is 14.6. The number of amides is 7. The van der Waals surface area contributed by atoms with Crippen LogP contribution < -0.4 is 26.4 Å². The third-order valence-electron chi connectivity index (χ3n) is 10.4. The molecule has 0 aliphatic carbocycles. The number of ether oxygens (including phenoxy) is 1. The quantitative estimate of drug-likeness (QED) is 0.165. The molecule has 7 amide bonds. The summed E-state index contributed by atoms with van der Waals surface area (Å²) >= 11 is 0. The first-order valence-electron chi connectivity index (χ1n) is 19.1. The van der Waals surface area contributed by atoms with Crippen molar-refractivity contribution in [3.8, 4) is 17.2 Å². The van der Waals surface area contributed by atoms with Gasteiger partial charge in [0.05, 0.1) is 7.11 Å². The fraction of sp³-hybridized carbons (Fsp3) is 0.405. The lowest BCUT2D eigenvalue weighted by molar-refractivity contribution is -0.149. The molecule has 3 aromatic rings. The van der Waals surface area contributed by atoms with E-state index < -0.39 is 77.6 Å². The molecule has 3 aromatic carbocycles. The molecule has 59 heavy (non-hydrogen) atoms. The summed E-state index contributed by atoms with van der Waals surface area (Å²) in [7, 11) is 5.65. The molecule has 0 saturated carbocycles. The summed E-state index contributed by atoms with van der Waals surface area (Å²) in [5.41, 5.74) is 7.18. The van der Waals surface area contributed by atoms with E-state index in [1.54, 1.807) is 48.5 Å². The molecule has 316 valence electrons. The number of nitrogens with zero attached hydrogens (tertiary/aromatic N) is 3. The molecule has 6 atom stereocenters. The maximum absolute atomic E-state index is 14.6. The number of likely N-dealkylation sites (N-methyl/N-ethyl adjacent to an activating group) is 3. The predicted octanol–water partition coefficient (Wildman–Crippen LogP) is 0.389. The van der Waals surface area contributed by atoms with Gasteiger partial charge in [-0.05, 0) is 73.4 Å². The Bertz CT molecular complexity index is 1990. The highest BCUT2D eigenvalue weighted by Crippen LogP contribution is 2.21. The Morgan fingerprint density at radius 2 is 1.00 bits per heavy atom. The molecule has 1 heterocycles. The average molecular weight is 816 g/mol. The number of phenols is 2. The summed E-state index contributed by atoms with van der Waals surface area (Å²) in [6, 6.07) is 11.2. The van der Waals surface area contributed by atoms with Crippen molar-refractivity contribution >= 4 is 41.4 Å². The number of nitrogens with two attached hydrogens (primary N) is 1. The summed E-state index contributed by atoms with van der Waals surface area (Å²) in [4.78, 5) is 101. The van der Waals surface area contributed by atoms with Gasteiger partial charge in [-0.2, -0.15) is 0 Å². The van der Waals surface area contributed by atoms with E-state index in [0.29, 0.717) is 22.4 Å². The first kappa shape index (κ1) is 45.1. The number of methoxy groups -OCH3 is 1. The van der Waals surface area contributed by atoms with Gasteiger partial charge in [0.15, 0.2) is 0 Å². The second kappa shape index (κ2) is 20.2. The van der Waals surface area contributed by atoms with Crippen LogP contribution in [0.3, 0.4) is 0 Å². The molecule has 17 nitrogen and oxygen atoms in total. The number of primary amides is 1. The minimum absolute atomic E-state index is 0.0155. The molecule has 7 N–H and O–H groups in total. The number of benzene rings is 3. The van der Waals surface area contributed by atoms with Gasteiger partial charge in [0.25, 0.3) is 0 Å². The molecule has 0 unspecified atom stereocenters. The standard InChI is InChI=1S/C42H53N7O10/c1-24-37(53)46-32(19-20-36(43)52)41(57)47(3)33(22-28-11-17-31(59-6)18-12-28)39(55)45-25(2)40(56)49(5)35(23-27-9-15-30(51)16-10-27)42(58)48(4)34(38(54)44-24)21-26-7-13-29(50)14-8-26/h7-18,24-25,32-35,50-51H,19-23H2,1-6H3,(H2,43,52)(H,44,54)(H,45,55)(H,46,53)/t24-,25+,32+,33+,34+,35+/m1/s1. The molecule has 0 bridgehead atoms. The van der Waals surface area contributed by atoms with Gasteiger partial charge in [-0.1, -0.05) is 36.4 Å². The van der Waals surface area contributed by atoms with Crippen molar-refractivity contribution in [2.24, 2.45) is 5.73 Å². The number of phenolic OH excluding ortho intramolecular Hbond substituents is 2. The van der Waals surface area contributed by atoms with Crippen molar-refractivity contribution in [2.75, 3.05) is 28.3 Å². The highest BCUT2D eigenvalue weighted by molar-refractivity contribution is 5.98. The summed E-state index contributed by atoms with van der Waals surface area (Å²) in [6.45, 7) is 2.82. The topological polar surface area (TPSA) is 241 Å². The van der Waals surface area contributed by atoms with Crippen LogP contribution in [0.2, 0.25) is 0 Å². The van der Waals surface area contributed by atoms with Gasteiger partial charge < -0.3 is 51.3 Å². The number of carbonyl (C=O) groups excluding carboxylic acids is 7. The lowest BCUT2D eigenvalue weighted by Gasteiger charge is -2.37. The Balaban J connectivity index is 1.82. The first-order chi connectivity index (χ1) is 27.9. The molecule has 1 aliphatic rings. The van der Waals surface area contributed by atoms with E-state index in [1.807, 2.05) is 0 Å². The zero-order valence-corrected chi connectivity index (χ0v) is 34.0. The highest BCUT2D eigenvalue weighted by Gasteiger charge is 2.39. The highest BCUT2D eigenvalue weighted by atomic mass is 16.5. The Kier molecular flexibility index (Phi) is 15.4. The minimum atomic E-state index is -1.37. The minimum Gasteiger partial charge on any atom is -0.508 e. The normalized spacial score (nSPS) is 22.8. The van der Waals surface area contributed by atoms with Crippen molar-refractivity contribution in [2.45, 2.75) is 82.2 Å². The third kappa shape index (κ3) is 11.9. The average Bonchev–Trinajstić information content (AvgIpc) is 3.21. The van der Waals surface area contributed by atoms with E-state index in [-0.39, 0.29) is 43.6 Å². The number of carbonyl (C=O) groups is 7. The predicted molar refractivity (Wildman–Crippen MR) is 216 cm³/mol. The van der Waals surface area contributed by atoms with Crippen LogP contribution in [0.25, 0.3) is 0 Å². The van der Waals surface area contributed by atoms with Gasteiger partial charge in [-0.25, -0.2) is 0 Å². The third-order valence-corrected chi connectivity index (χ3v) is 10.4. The van der Waals surface area contributed by atoms with Crippen molar-refractivity contribution < 1.29 is 48.5 Å². The lowest BCUT2D eigenvalue weighted by Crippen LogP contribution is -2.62. The number of aromatic hydroxyl groups is 2. The maximum Gasteiger partial charge on any atom is 0.246 e. The molecule has 0 aromatic heterocycles. The molecule has 0 spiro atoms. The zero-order valence-electron chi connectivity index (χ0n) is 34.0. The fourth-order valence-electron chi connectivity index (χ4n) is 6.73. The van der Waals surface area contributed by atoms with E-state index in [4.69, 9.17) is 10.5 Å². The second-order valence-corrected chi connectivity index (χ2v) is 14.7. The van der Waals surface area contributed by atoms with Gasteiger partial charge in [0.2, 0.25) is 41.4 Å². The molecule has 17 heteroatoms. The Labute approximate surface area is 342 Å². The van der Waals surface area contributed by atoms with E-state index >= 15 is 0 Å². The summed E-state index contributed by atoms with van der Waals surface area (Å²) in [6.07, 6.45) is -0.690. The van der Waals surface area contributed by atoms with Crippen LogP contribution in [-0.2, 0) is 52.8 Å². The Morgan fingerprint density at radius 1 is 0.593 bits per heavy atom. The Morgan fingerprint density at radius 3 is 1.46 bits per heavy atom. The van der Waals surface area contributed by atoms with Gasteiger partial charge in [-0.3, -0.25) is 33.6 Å². The van der Waals surface area contributed by atoms with Crippen LogP contribution >= 0.6 is 0 Å². The largest absolute Gasteiger partial charge is 0.508 e. The van der Waals surface area contributed by atoms with Crippen molar-refractivity contribution in [3.05, 3.63) is 89.5 Å². The summed E-state index contributed by atoms with van der Waals surface area (Å²) < 4.78 is 5.26. The van der Waals surface area contributed by atoms with Crippen molar-refractivity contribution in [1.82, 2.24) is 30.7 Å².